The number of rotatable bonds is 2. The number of hydrogen-bond acceptors (Lipinski definition) is 2. The minimum atomic E-state index is -0.0128. The van der Waals surface area contributed by atoms with Crippen LogP contribution in [0.1, 0.15) is 33.8 Å². The van der Waals surface area contributed by atoms with Gasteiger partial charge in [0.1, 0.15) is 0 Å². The van der Waals surface area contributed by atoms with Crippen molar-refractivity contribution in [3.8, 4) is 0 Å². The zero-order valence-corrected chi connectivity index (χ0v) is 13.0. The summed E-state index contributed by atoms with van der Waals surface area (Å²) in [6, 6.07) is 10.6. The third-order valence-corrected chi connectivity index (χ3v) is 5.28. The van der Waals surface area contributed by atoms with Gasteiger partial charge in [0, 0.05) is 28.8 Å². The molecule has 3 nitrogen and oxygen atoms in total. The van der Waals surface area contributed by atoms with Crippen molar-refractivity contribution in [2.75, 3.05) is 0 Å². The second-order valence-corrected chi connectivity index (χ2v) is 6.64. The van der Waals surface area contributed by atoms with Crippen molar-refractivity contribution in [2.45, 2.75) is 24.8 Å². The molecule has 4 heteroatoms. The first-order valence-corrected chi connectivity index (χ1v) is 8.03. The Morgan fingerprint density at radius 2 is 2.14 bits per heavy atom. The van der Waals surface area contributed by atoms with Crippen molar-refractivity contribution in [3.05, 3.63) is 63.9 Å². The Balaban J connectivity index is 1.54. The van der Waals surface area contributed by atoms with E-state index in [2.05, 4.69) is 50.5 Å². The number of nitrogens with zero attached hydrogens (tertiary/aromatic N) is 1. The predicted octanol–water partition coefficient (Wildman–Crippen LogP) is 3.30. The van der Waals surface area contributed by atoms with Crippen molar-refractivity contribution >= 4 is 21.8 Å². The number of hydrogen-bond donors (Lipinski definition) is 1. The molecule has 1 aromatic heterocycles. The molecule has 1 aromatic carbocycles. The van der Waals surface area contributed by atoms with E-state index in [1.54, 1.807) is 18.5 Å². The largest absolute Gasteiger partial charge is 0.348 e. The number of halogens is 1. The van der Waals surface area contributed by atoms with Gasteiger partial charge in [-0.2, -0.15) is 0 Å². The van der Waals surface area contributed by atoms with Gasteiger partial charge in [-0.25, -0.2) is 0 Å². The Labute approximate surface area is 131 Å². The van der Waals surface area contributed by atoms with E-state index in [0.717, 1.165) is 10.9 Å². The second kappa shape index (κ2) is 4.95. The Bertz CT molecular complexity index is 715. The summed E-state index contributed by atoms with van der Waals surface area (Å²) in [4.78, 5) is 16.4. The van der Waals surface area contributed by atoms with Crippen LogP contribution in [0.3, 0.4) is 0 Å². The van der Waals surface area contributed by atoms with Crippen molar-refractivity contribution in [3.63, 3.8) is 0 Å². The molecule has 3 atom stereocenters. The van der Waals surface area contributed by atoms with E-state index < -0.39 is 0 Å². The molecule has 21 heavy (non-hydrogen) atoms. The first-order valence-electron chi connectivity index (χ1n) is 7.24. The Kier molecular flexibility index (Phi) is 3.07. The number of amides is 1. The summed E-state index contributed by atoms with van der Waals surface area (Å²) in [5, 5.41) is 3.20. The summed E-state index contributed by atoms with van der Waals surface area (Å²) in [5.74, 6) is 1.09. The van der Waals surface area contributed by atoms with Gasteiger partial charge in [0.2, 0.25) is 0 Å². The predicted molar refractivity (Wildman–Crippen MR) is 84.2 cm³/mol. The third-order valence-electron chi connectivity index (χ3n) is 4.64. The van der Waals surface area contributed by atoms with Crippen molar-refractivity contribution in [1.82, 2.24) is 10.3 Å². The lowest BCUT2D eigenvalue weighted by Gasteiger charge is -2.13. The first-order chi connectivity index (χ1) is 10.3. The lowest BCUT2D eigenvalue weighted by atomic mass is 9.92. The van der Waals surface area contributed by atoms with Gasteiger partial charge in [0.25, 0.3) is 5.91 Å². The molecule has 1 fully saturated rings. The van der Waals surface area contributed by atoms with Gasteiger partial charge >= 0.3 is 0 Å². The maximum atomic E-state index is 12.4. The number of benzene rings is 1. The SMILES string of the molecule is O=C(N[C@@H]1[C@H]2CCc3ccccc3[C@@H]21)c1ccncc1Br. The highest BCUT2D eigenvalue weighted by Crippen LogP contribution is 2.54. The molecule has 2 aliphatic carbocycles. The lowest BCUT2D eigenvalue weighted by molar-refractivity contribution is 0.0947. The normalized spacial score (nSPS) is 25.7. The number of aryl methyl sites for hydroxylation is 1. The van der Waals surface area contributed by atoms with Crippen LogP contribution in [0.2, 0.25) is 0 Å². The molecule has 0 radical (unpaired) electrons. The summed E-state index contributed by atoms with van der Waals surface area (Å²) in [5.41, 5.74) is 3.52. The molecule has 1 heterocycles. The number of carbonyl (C=O) groups is 1. The smallest absolute Gasteiger partial charge is 0.252 e. The van der Waals surface area contributed by atoms with E-state index in [1.165, 1.54) is 17.5 Å². The molecule has 2 aromatic rings. The molecular weight excluding hydrogens is 328 g/mol. The van der Waals surface area contributed by atoms with E-state index in [4.69, 9.17) is 0 Å². The zero-order chi connectivity index (χ0) is 14.4. The van der Waals surface area contributed by atoms with Crippen LogP contribution in [0.5, 0.6) is 0 Å². The van der Waals surface area contributed by atoms with Crippen molar-refractivity contribution in [2.24, 2.45) is 5.92 Å². The molecule has 2 aliphatic rings. The summed E-state index contributed by atoms with van der Waals surface area (Å²) in [7, 11) is 0. The number of pyridine rings is 1. The maximum absolute atomic E-state index is 12.4. The van der Waals surface area contributed by atoms with E-state index in [0.29, 0.717) is 17.4 Å². The van der Waals surface area contributed by atoms with Crippen molar-refractivity contribution in [1.29, 1.82) is 0 Å². The number of nitrogens with one attached hydrogen (secondary N) is 1. The molecular formula is C17H15BrN2O. The highest BCUT2D eigenvalue weighted by Gasteiger charge is 2.53. The highest BCUT2D eigenvalue weighted by molar-refractivity contribution is 9.10. The van der Waals surface area contributed by atoms with Gasteiger partial charge < -0.3 is 5.32 Å². The molecule has 1 N–H and O–H groups in total. The summed E-state index contributed by atoms with van der Waals surface area (Å²) in [6.45, 7) is 0. The monoisotopic (exact) mass is 342 g/mol. The molecule has 1 amide bonds. The number of aromatic nitrogens is 1. The average molecular weight is 343 g/mol. The molecule has 0 unspecified atom stereocenters. The molecule has 0 aliphatic heterocycles. The van der Waals surface area contributed by atoms with Gasteiger partial charge in [0.05, 0.1) is 5.56 Å². The molecule has 0 bridgehead atoms. The first kappa shape index (κ1) is 13.0. The van der Waals surface area contributed by atoms with Gasteiger partial charge in [-0.1, -0.05) is 24.3 Å². The fourth-order valence-corrected chi connectivity index (χ4v) is 3.98. The van der Waals surface area contributed by atoms with E-state index in [-0.39, 0.29) is 11.9 Å². The second-order valence-electron chi connectivity index (χ2n) is 5.78. The fraction of sp³-hybridized carbons (Fsp3) is 0.294. The minimum absolute atomic E-state index is 0.0128. The fourth-order valence-electron chi connectivity index (χ4n) is 3.55. The summed E-state index contributed by atoms with van der Waals surface area (Å²) in [6.07, 6.45) is 5.60. The van der Waals surface area contributed by atoms with Crippen molar-refractivity contribution < 1.29 is 4.79 Å². The van der Waals surface area contributed by atoms with Crippen LogP contribution in [-0.2, 0) is 6.42 Å². The van der Waals surface area contributed by atoms with Crippen LogP contribution in [0.4, 0.5) is 0 Å². The Morgan fingerprint density at radius 3 is 3.00 bits per heavy atom. The summed E-state index contributed by atoms with van der Waals surface area (Å²) < 4.78 is 0.742. The quantitative estimate of drug-likeness (QED) is 0.909. The van der Waals surface area contributed by atoms with Gasteiger partial charge in [-0.3, -0.25) is 9.78 Å². The molecule has 4 rings (SSSR count). The highest BCUT2D eigenvalue weighted by atomic mass is 79.9. The zero-order valence-electron chi connectivity index (χ0n) is 11.4. The van der Waals surface area contributed by atoms with E-state index in [9.17, 15) is 4.79 Å². The Morgan fingerprint density at radius 1 is 1.29 bits per heavy atom. The third kappa shape index (κ3) is 2.18. The number of carbonyl (C=O) groups excluding carboxylic acids is 1. The van der Waals surface area contributed by atoms with Crippen LogP contribution in [0, 0.1) is 5.92 Å². The van der Waals surface area contributed by atoms with Crippen LogP contribution in [-0.4, -0.2) is 16.9 Å². The molecule has 1 saturated carbocycles. The minimum Gasteiger partial charge on any atom is -0.348 e. The lowest BCUT2D eigenvalue weighted by Crippen LogP contribution is -2.27. The maximum Gasteiger partial charge on any atom is 0.252 e. The van der Waals surface area contributed by atoms with Crippen LogP contribution < -0.4 is 5.32 Å². The van der Waals surface area contributed by atoms with Gasteiger partial charge in [-0.15, -0.1) is 0 Å². The molecule has 106 valence electrons. The molecule has 0 saturated heterocycles. The van der Waals surface area contributed by atoms with Gasteiger partial charge in [0.15, 0.2) is 0 Å². The topological polar surface area (TPSA) is 42.0 Å². The average Bonchev–Trinajstić information content (AvgIpc) is 3.21. The standard InChI is InChI=1S/C17H15BrN2O/c18-14-9-19-8-7-12(14)17(21)20-16-13-6-5-10-3-1-2-4-11(10)15(13)16/h1-4,7-9,13,15-16H,5-6H2,(H,20,21)/t13-,15-,16+/m0/s1. The van der Waals surface area contributed by atoms with Crippen LogP contribution in [0.25, 0.3) is 0 Å². The number of fused-ring (bicyclic) bond motifs is 3. The van der Waals surface area contributed by atoms with Gasteiger partial charge in [-0.05, 0) is 51.9 Å². The van der Waals surface area contributed by atoms with E-state index in [1.807, 2.05) is 0 Å². The Hall–Kier alpha value is -1.68. The molecule has 0 spiro atoms. The van der Waals surface area contributed by atoms with E-state index >= 15 is 0 Å². The van der Waals surface area contributed by atoms with Crippen LogP contribution in [0.15, 0.2) is 47.2 Å². The summed E-state index contributed by atoms with van der Waals surface area (Å²) >= 11 is 3.39. The van der Waals surface area contributed by atoms with Crippen LogP contribution >= 0.6 is 15.9 Å².